The maximum absolute atomic E-state index is 11.3. The number of hydrogen-bond acceptors (Lipinski definition) is 3. The zero-order chi connectivity index (χ0) is 15.7. The van der Waals surface area contributed by atoms with E-state index in [4.69, 9.17) is 10.5 Å². The van der Waals surface area contributed by atoms with E-state index in [2.05, 4.69) is 28.9 Å². The lowest BCUT2D eigenvalue weighted by Gasteiger charge is -2.32. The number of benzene rings is 1. The van der Waals surface area contributed by atoms with E-state index in [9.17, 15) is 4.79 Å². The highest BCUT2D eigenvalue weighted by Crippen LogP contribution is 2.31. The van der Waals surface area contributed by atoms with E-state index in [1.54, 1.807) is 7.11 Å². The number of fused-ring (bicyclic) bond motifs is 1. The first-order chi connectivity index (χ1) is 10.6. The Morgan fingerprint density at radius 2 is 2.05 bits per heavy atom. The molecule has 0 saturated carbocycles. The molecular formula is C17H22N3O2+. The summed E-state index contributed by atoms with van der Waals surface area (Å²) < 4.78 is 5.35. The predicted octanol–water partition coefficient (Wildman–Crippen LogP) is 1.67. The second-order valence-corrected chi connectivity index (χ2v) is 5.91. The number of anilines is 1. The Morgan fingerprint density at radius 3 is 2.68 bits per heavy atom. The van der Waals surface area contributed by atoms with Crippen LogP contribution in [0, 0.1) is 12.8 Å². The molecule has 3 rings (SSSR count). The number of ether oxygens (including phenoxy) is 1. The van der Waals surface area contributed by atoms with Crippen molar-refractivity contribution in [1.82, 2.24) is 0 Å². The first-order valence-corrected chi connectivity index (χ1v) is 7.63. The number of piperidine rings is 1. The molecule has 1 amide bonds. The van der Waals surface area contributed by atoms with Gasteiger partial charge < -0.3 is 15.4 Å². The lowest BCUT2D eigenvalue weighted by molar-refractivity contribution is -0.354. The van der Waals surface area contributed by atoms with Gasteiger partial charge in [0.25, 0.3) is 0 Å². The fourth-order valence-electron chi connectivity index (χ4n) is 3.17. The third-order valence-electron chi connectivity index (χ3n) is 4.43. The molecule has 1 aromatic heterocycles. The second kappa shape index (κ2) is 5.83. The van der Waals surface area contributed by atoms with Gasteiger partial charge in [0.1, 0.15) is 5.75 Å². The van der Waals surface area contributed by atoms with Crippen LogP contribution in [-0.4, -0.2) is 26.1 Å². The minimum Gasteiger partial charge on any atom is -0.497 e. The first kappa shape index (κ1) is 14.6. The van der Waals surface area contributed by atoms with Gasteiger partial charge >= 0.3 is 0 Å². The van der Waals surface area contributed by atoms with Crippen molar-refractivity contribution in [2.24, 2.45) is 11.7 Å². The number of amides is 1. The minimum atomic E-state index is -0.177. The number of aromatic nitrogens is 1. The van der Waals surface area contributed by atoms with Gasteiger partial charge in [0, 0.05) is 38.1 Å². The molecule has 1 aromatic carbocycles. The molecule has 0 radical (unpaired) electrons. The summed E-state index contributed by atoms with van der Waals surface area (Å²) in [4.78, 5) is 17.1. The molecule has 0 bridgehead atoms. The highest BCUT2D eigenvalue weighted by atomic mass is 16.5. The molecule has 2 heterocycles. The van der Waals surface area contributed by atoms with Crippen molar-refractivity contribution in [1.29, 1.82) is 0 Å². The van der Waals surface area contributed by atoms with Crippen LogP contribution in [-0.2, 0) is 4.79 Å². The van der Waals surface area contributed by atoms with E-state index in [0.29, 0.717) is 0 Å². The average molecular weight is 300 g/mol. The van der Waals surface area contributed by atoms with E-state index in [1.807, 2.05) is 12.1 Å². The molecule has 1 aliphatic rings. The highest BCUT2D eigenvalue weighted by molar-refractivity contribution is 5.91. The number of carbonyl (C=O) groups excluding carboxylic acids is 1. The molecular weight excluding hydrogens is 278 g/mol. The van der Waals surface area contributed by atoms with Crippen molar-refractivity contribution < 1.29 is 14.5 Å². The Bertz CT molecular complexity index is 706. The van der Waals surface area contributed by atoms with Crippen molar-refractivity contribution in [3.8, 4) is 5.75 Å². The van der Waals surface area contributed by atoms with Gasteiger partial charge in [-0.1, -0.05) is 0 Å². The van der Waals surface area contributed by atoms with Crippen LogP contribution in [0.3, 0.4) is 0 Å². The number of aryl methyl sites for hydroxylation is 1. The second-order valence-electron chi connectivity index (χ2n) is 5.91. The summed E-state index contributed by atoms with van der Waals surface area (Å²) in [5.41, 5.74) is 8.82. The van der Waals surface area contributed by atoms with Gasteiger partial charge in [-0.3, -0.25) is 4.79 Å². The topological polar surface area (TPSA) is 69.7 Å². The lowest BCUT2D eigenvalue weighted by atomic mass is 9.95. The number of rotatable bonds is 3. The molecule has 0 spiro atoms. The van der Waals surface area contributed by atoms with Gasteiger partial charge in [0.15, 0.2) is 5.69 Å². The van der Waals surface area contributed by atoms with Crippen LogP contribution in [0.15, 0.2) is 24.3 Å². The Kier molecular flexibility index (Phi) is 3.88. The number of H-pyrrole nitrogens is 1. The lowest BCUT2D eigenvalue weighted by Crippen LogP contribution is -2.38. The highest BCUT2D eigenvalue weighted by Gasteiger charge is 2.25. The van der Waals surface area contributed by atoms with Crippen molar-refractivity contribution in [2.75, 3.05) is 25.1 Å². The molecule has 5 nitrogen and oxygen atoms in total. The SMILES string of the molecule is COc1ccc2[nH+]c(C)cc(N3CCC(C(N)=O)CC3)c2c1. The van der Waals surface area contributed by atoms with Crippen LogP contribution >= 0.6 is 0 Å². The van der Waals surface area contributed by atoms with Gasteiger partial charge in [-0.25, -0.2) is 4.98 Å². The van der Waals surface area contributed by atoms with Crippen LogP contribution in [0.5, 0.6) is 5.75 Å². The number of methoxy groups -OCH3 is 1. The molecule has 22 heavy (non-hydrogen) atoms. The number of nitrogens with two attached hydrogens (primary N) is 1. The van der Waals surface area contributed by atoms with Crippen LogP contribution < -0.4 is 20.4 Å². The number of nitrogens with zero attached hydrogens (tertiary/aromatic N) is 1. The molecule has 3 N–H and O–H groups in total. The predicted molar refractivity (Wildman–Crippen MR) is 85.9 cm³/mol. The molecule has 116 valence electrons. The van der Waals surface area contributed by atoms with Gasteiger partial charge in [0.2, 0.25) is 11.4 Å². The normalized spacial score (nSPS) is 16.0. The maximum Gasteiger partial charge on any atom is 0.220 e. The van der Waals surface area contributed by atoms with Gasteiger partial charge in [-0.05, 0) is 25.0 Å². The monoisotopic (exact) mass is 300 g/mol. The van der Waals surface area contributed by atoms with Crippen molar-refractivity contribution in [3.63, 3.8) is 0 Å². The number of aromatic amines is 1. The van der Waals surface area contributed by atoms with Gasteiger partial charge in [-0.15, -0.1) is 0 Å². The van der Waals surface area contributed by atoms with Crippen LogP contribution in [0.25, 0.3) is 10.9 Å². The smallest absolute Gasteiger partial charge is 0.220 e. The first-order valence-electron chi connectivity index (χ1n) is 7.63. The zero-order valence-electron chi connectivity index (χ0n) is 13.1. The molecule has 0 aliphatic carbocycles. The van der Waals surface area contributed by atoms with Crippen LogP contribution in [0.1, 0.15) is 18.5 Å². The molecule has 1 aliphatic heterocycles. The van der Waals surface area contributed by atoms with Crippen molar-refractivity contribution in [3.05, 3.63) is 30.0 Å². The van der Waals surface area contributed by atoms with Gasteiger partial charge in [-0.2, -0.15) is 0 Å². The summed E-state index contributed by atoms with van der Waals surface area (Å²) in [6, 6.07) is 8.22. The summed E-state index contributed by atoms with van der Waals surface area (Å²) in [6.07, 6.45) is 1.64. The van der Waals surface area contributed by atoms with Gasteiger partial charge in [0.05, 0.1) is 18.2 Å². The van der Waals surface area contributed by atoms with E-state index in [1.165, 1.54) is 5.69 Å². The van der Waals surface area contributed by atoms with Crippen LogP contribution in [0.2, 0.25) is 0 Å². The molecule has 1 saturated heterocycles. The summed E-state index contributed by atoms with van der Waals surface area (Å²) in [5.74, 6) is 0.676. The largest absolute Gasteiger partial charge is 0.497 e. The minimum absolute atomic E-state index is 0.00780. The molecule has 0 unspecified atom stereocenters. The van der Waals surface area contributed by atoms with Crippen molar-refractivity contribution in [2.45, 2.75) is 19.8 Å². The average Bonchev–Trinajstić information content (AvgIpc) is 2.53. The molecule has 0 atom stereocenters. The number of primary amides is 1. The Morgan fingerprint density at radius 1 is 1.32 bits per heavy atom. The molecule has 5 heteroatoms. The fraction of sp³-hybridized carbons (Fsp3) is 0.412. The van der Waals surface area contributed by atoms with E-state index >= 15 is 0 Å². The van der Waals surface area contributed by atoms with Crippen molar-refractivity contribution >= 4 is 22.5 Å². The summed E-state index contributed by atoms with van der Waals surface area (Å²) in [6.45, 7) is 3.76. The third kappa shape index (κ3) is 2.71. The Hall–Kier alpha value is -2.30. The molecule has 1 fully saturated rings. The maximum atomic E-state index is 11.3. The number of hydrogen-bond donors (Lipinski definition) is 1. The third-order valence-corrected chi connectivity index (χ3v) is 4.43. The number of nitrogens with one attached hydrogen (secondary N) is 1. The van der Waals surface area contributed by atoms with E-state index in [-0.39, 0.29) is 11.8 Å². The Labute approximate surface area is 130 Å². The van der Waals surface area contributed by atoms with Crippen LogP contribution in [0.4, 0.5) is 5.69 Å². The summed E-state index contributed by atoms with van der Waals surface area (Å²) in [5, 5.41) is 1.14. The quantitative estimate of drug-likeness (QED) is 0.937. The standard InChI is InChI=1S/C17H21N3O2/c1-11-9-16(20-7-5-12(6-8-20)17(18)21)14-10-13(22-2)3-4-15(14)19-11/h3-4,9-10,12H,5-8H2,1-2H3,(H2,18,21)/p+1. The number of carbonyl (C=O) groups is 1. The Balaban J connectivity index is 1.97. The zero-order valence-corrected chi connectivity index (χ0v) is 13.1. The fourth-order valence-corrected chi connectivity index (χ4v) is 3.17. The summed E-state index contributed by atoms with van der Waals surface area (Å²) >= 11 is 0. The summed E-state index contributed by atoms with van der Waals surface area (Å²) in [7, 11) is 1.68. The molecule has 2 aromatic rings. The number of pyridine rings is 1. The van der Waals surface area contributed by atoms with E-state index in [0.717, 1.165) is 48.3 Å². The van der Waals surface area contributed by atoms with E-state index < -0.39 is 0 Å².